The summed E-state index contributed by atoms with van der Waals surface area (Å²) in [6, 6.07) is 7.47. The van der Waals surface area contributed by atoms with Crippen LogP contribution < -0.4 is 16.0 Å². The van der Waals surface area contributed by atoms with Crippen molar-refractivity contribution in [2.24, 2.45) is 5.92 Å². The molecule has 1 aliphatic carbocycles. The molecular formula is C21H31N3O4. The fourth-order valence-electron chi connectivity index (χ4n) is 3.07. The lowest BCUT2D eigenvalue weighted by molar-refractivity contribution is -0.121. The minimum atomic E-state index is -0.565. The number of nitrogens with one attached hydrogen (secondary N) is 3. The largest absolute Gasteiger partial charge is 0.444 e. The number of carbonyl (C=O) groups is 3. The smallest absolute Gasteiger partial charge is 0.407 e. The minimum Gasteiger partial charge on any atom is -0.444 e. The minimum absolute atomic E-state index is 0.0758. The highest BCUT2D eigenvalue weighted by atomic mass is 16.6. The Hall–Kier alpha value is -2.57. The molecule has 1 saturated carbocycles. The van der Waals surface area contributed by atoms with E-state index in [0.29, 0.717) is 6.54 Å². The van der Waals surface area contributed by atoms with Gasteiger partial charge in [-0.1, -0.05) is 25.0 Å². The Morgan fingerprint density at radius 1 is 1.11 bits per heavy atom. The average molecular weight is 389 g/mol. The zero-order valence-corrected chi connectivity index (χ0v) is 17.0. The van der Waals surface area contributed by atoms with E-state index in [1.165, 1.54) is 0 Å². The highest BCUT2D eigenvalue weighted by Crippen LogP contribution is 2.26. The van der Waals surface area contributed by atoms with Gasteiger partial charge in [-0.25, -0.2) is 4.79 Å². The van der Waals surface area contributed by atoms with Crippen LogP contribution in [0.15, 0.2) is 24.3 Å². The monoisotopic (exact) mass is 389 g/mol. The summed E-state index contributed by atoms with van der Waals surface area (Å²) in [7, 11) is 0. The summed E-state index contributed by atoms with van der Waals surface area (Å²) in [5, 5.41) is 8.33. The molecule has 0 saturated heterocycles. The van der Waals surface area contributed by atoms with Crippen LogP contribution in [0.3, 0.4) is 0 Å². The van der Waals surface area contributed by atoms with Gasteiger partial charge in [-0.2, -0.15) is 0 Å². The standard InChI is InChI=1S/C21H31N3O4/c1-21(2,3)28-20(27)22-12-11-18(25)23-14-15-7-6-10-17(13-15)24-19(26)16-8-4-5-9-16/h6-7,10,13,16H,4-5,8-9,11-12,14H2,1-3H3,(H,22,27)(H,23,25)(H,24,26). The highest BCUT2D eigenvalue weighted by molar-refractivity contribution is 5.92. The highest BCUT2D eigenvalue weighted by Gasteiger charge is 2.22. The first-order valence-electron chi connectivity index (χ1n) is 9.86. The van der Waals surface area contributed by atoms with E-state index in [0.717, 1.165) is 36.9 Å². The maximum Gasteiger partial charge on any atom is 0.407 e. The van der Waals surface area contributed by atoms with Crippen molar-refractivity contribution in [1.29, 1.82) is 0 Å². The quantitative estimate of drug-likeness (QED) is 0.666. The van der Waals surface area contributed by atoms with E-state index in [1.807, 2.05) is 24.3 Å². The lowest BCUT2D eigenvalue weighted by Gasteiger charge is -2.19. The summed E-state index contributed by atoms with van der Waals surface area (Å²) in [4.78, 5) is 35.7. The number of rotatable bonds is 7. The molecule has 0 aromatic heterocycles. The van der Waals surface area contributed by atoms with Crippen LogP contribution in [0, 0.1) is 5.92 Å². The third-order valence-corrected chi connectivity index (χ3v) is 4.43. The zero-order valence-electron chi connectivity index (χ0n) is 17.0. The van der Waals surface area contributed by atoms with Crippen molar-refractivity contribution in [2.45, 2.75) is 65.0 Å². The van der Waals surface area contributed by atoms with E-state index in [-0.39, 0.29) is 30.7 Å². The van der Waals surface area contributed by atoms with Gasteiger partial charge >= 0.3 is 6.09 Å². The summed E-state index contributed by atoms with van der Waals surface area (Å²) >= 11 is 0. The average Bonchev–Trinajstić information content (AvgIpc) is 3.13. The first-order chi connectivity index (χ1) is 13.2. The Balaban J connectivity index is 1.71. The van der Waals surface area contributed by atoms with Crippen LogP contribution in [-0.4, -0.2) is 30.1 Å². The number of ether oxygens (including phenoxy) is 1. The number of alkyl carbamates (subject to hydrolysis) is 1. The van der Waals surface area contributed by atoms with Crippen molar-refractivity contribution in [3.05, 3.63) is 29.8 Å². The van der Waals surface area contributed by atoms with Gasteiger partial charge in [0, 0.05) is 31.1 Å². The van der Waals surface area contributed by atoms with Gasteiger partial charge in [0.05, 0.1) is 0 Å². The first-order valence-corrected chi connectivity index (χ1v) is 9.86. The molecule has 1 aliphatic rings. The molecule has 28 heavy (non-hydrogen) atoms. The first kappa shape index (κ1) is 21.7. The van der Waals surface area contributed by atoms with Crippen LogP contribution in [0.2, 0.25) is 0 Å². The van der Waals surface area contributed by atoms with Crippen LogP contribution in [0.4, 0.5) is 10.5 Å². The second-order valence-electron chi connectivity index (χ2n) is 8.13. The maximum absolute atomic E-state index is 12.2. The molecule has 3 N–H and O–H groups in total. The Bertz CT molecular complexity index is 691. The molecule has 0 atom stereocenters. The summed E-state index contributed by atoms with van der Waals surface area (Å²) in [6.45, 7) is 5.91. The second kappa shape index (κ2) is 10.1. The van der Waals surface area contributed by atoms with E-state index < -0.39 is 11.7 Å². The number of anilines is 1. The molecule has 0 bridgehead atoms. The van der Waals surface area contributed by atoms with Gasteiger partial charge in [0.2, 0.25) is 11.8 Å². The summed E-state index contributed by atoms with van der Waals surface area (Å²) in [5.41, 5.74) is 1.08. The van der Waals surface area contributed by atoms with E-state index in [1.54, 1.807) is 20.8 Å². The van der Waals surface area contributed by atoms with Crippen molar-refractivity contribution < 1.29 is 19.1 Å². The van der Waals surface area contributed by atoms with Gasteiger partial charge in [-0.15, -0.1) is 0 Å². The number of carbonyl (C=O) groups excluding carboxylic acids is 3. The predicted molar refractivity (Wildman–Crippen MR) is 108 cm³/mol. The summed E-state index contributed by atoms with van der Waals surface area (Å²) in [6.07, 6.45) is 3.78. The van der Waals surface area contributed by atoms with Gasteiger partial charge in [0.25, 0.3) is 0 Å². The van der Waals surface area contributed by atoms with E-state index in [9.17, 15) is 14.4 Å². The Morgan fingerprint density at radius 2 is 1.82 bits per heavy atom. The summed E-state index contributed by atoms with van der Waals surface area (Å²) < 4.78 is 5.11. The van der Waals surface area contributed by atoms with Gasteiger partial charge in [0.1, 0.15) is 5.60 Å². The molecule has 154 valence electrons. The normalized spacial score (nSPS) is 14.4. The fourth-order valence-corrected chi connectivity index (χ4v) is 3.07. The molecule has 0 spiro atoms. The summed E-state index contributed by atoms with van der Waals surface area (Å²) in [5.74, 6) is 0.0178. The Labute approximate surface area is 166 Å². The zero-order chi connectivity index (χ0) is 20.6. The van der Waals surface area contributed by atoms with E-state index >= 15 is 0 Å². The topological polar surface area (TPSA) is 96.5 Å². The number of hydrogen-bond acceptors (Lipinski definition) is 4. The van der Waals surface area contributed by atoms with Gasteiger partial charge in [0.15, 0.2) is 0 Å². The van der Waals surface area contributed by atoms with Crippen molar-refractivity contribution >= 4 is 23.6 Å². The molecule has 0 radical (unpaired) electrons. The lowest BCUT2D eigenvalue weighted by Crippen LogP contribution is -2.35. The molecule has 3 amide bonds. The van der Waals surface area contributed by atoms with Crippen LogP contribution in [0.5, 0.6) is 0 Å². The molecule has 0 heterocycles. The van der Waals surface area contributed by atoms with Crippen molar-refractivity contribution in [3.8, 4) is 0 Å². The molecule has 0 aliphatic heterocycles. The van der Waals surface area contributed by atoms with Gasteiger partial charge in [-0.05, 0) is 51.3 Å². The Morgan fingerprint density at radius 3 is 2.50 bits per heavy atom. The number of amides is 3. The van der Waals surface area contributed by atoms with Crippen molar-refractivity contribution in [3.63, 3.8) is 0 Å². The third kappa shape index (κ3) is 7.98. The fraction of sp³-hybridized carbons (Fsp3) is 0.571. The molecule has 1 aromatic carbocycles. The second-order valence-corrected chi connectivity index (χ2v) is 8.13. The molecule has 1 aromatic rings. The van der Waals surface area contributed by atoms with E-state index in [4.69, 9.17) is 4.74 Å². The number of benzene rings is 1. The van der Waals surface area contributed by atoms with Crippen molar-refractivity contribution in [2.75, 3.05) is 11.9 Å². The molecule has 7 nitrogen and oxygen atoms in total. The molecule has 2 rings (SSSR count). The van der Waals surface area contributed by atoms with Crippen LogP contribution in [0.25, 0.3) is 0 Å². The lowest BCUT2D eigenvalue weighted by atomic mass is 10.1. The van der Waals surface area contributed by atoms with Crippen LogP contribution >= 0.6 is 0 Å². The SMILES string of the molecule is CC(C)(C)OC(=O)NCCC(=O)NCc1cccc(NC(=O)C2CCCC2)c1. The predicted octanol–water partition coefficient (Wildman–Crippen LogP) is 3.35. The maximum atomic E-state index is 12.2. The number of hydrogen-bond donors (Lipinski definition) is 3. The van der Waals surface area contributed by atoms with Gasteiger partial charge in [-0.3, -0.25) is 9.59 Å². The third-order valence-electron chi connectivity index (χ3n) is 4.43. The van der Waals surface area contributed by atoms with Crippen molar-refractivity contribution in [1.82, 2.24) is 10.6 Å². The Kier molecular flexibility index (Phi) is 7.84. The molecular weight excluding hydrogens is 358 g/mol. The molecule has 0 unspecified atom stereocenters. The van der Waals surface area contributed by atoms with E-state index in [2.05, 4.69) is 16.0 Å². The van der Waals surface area contributed by atoms with Crippen LogP contribution in [0.1, 0.15) is 58.4 Å². The molecule has 1 fully saturated rings. The molecule has 7 heteroatoms. The van der Waals surface area contributed by atoms with Gasteiger partial charge < -0.3 is 20.7 Å². The van der Waals surface area contributed by atoms with Crippen LogP contribution in [-0.2, 0) is 20.9 Å².